The van der Waals surface area contributed by atoms with E-state index in [0.29, 0.717) is 10.1 Å². The van der Waals surface area contributed by atoms with Crippen molar-refractivity contribution >= 4 is 46.1 Å². The van der Waals surface area contributed by atoms with Gasteiger partial charge in [0.2, 0.25) is 5.91 Å². The Hall–Kier alpha value is -1.67. The first-order chi connectivity index (χ1) is 8.57. The third-order valence-corrected chi connectivity index (χ3v) is 2.53. The minimum atomic E-state index is -0.935. The highest BCUT2D eigenvalue weighted by atomic mass is 32.2. The van der Waals surface area contributed by atoms with E-state index in [1.165, 1.54) is 25.6 Å². The molecule has 1 saturated heterocycles. The number of hydrogen-bond donors (Lipinski definition) is 3. The molecule has 1 aliphatic heterocycles. The summed E-state index contributed by atoms with van der Waals surface area (Å²) in [6.45, 7) is 9.20. The lowest BCUT2D eigenvalue weighted by atomic mass is 10.4. The van der Waals surface area contributed by atoms with Crippen LogP contribution in [0, 0.1) is 0 Å². The molecule has 0 aliphatic carbocycles. The van der Waals surface area contributed by atoms with Crippen molar-refractivity contribution in [1.29, 1.82) is 0 Å². The predicted molar refractivity (Wildman–Crippen MR) is 78.1 cm³/mol. The largest absolute Gasteiger partial charge is 0.478 e. The summed E-state index contributed by atoms with van der Waals surface area (Å²) in [5.41, 5.74) is 0.352. The van der Waals surface area contributed by atoms with Gasteiger partial charge in [-0.25, -0.2) is 9.59 Å². The molecular formula is C11H15NO5S2. The molecule has 3 N–H and O–H groups in total. The van der Waals surface area contributed by atoms with Gasteiger partial charge in [-0.2, -0.15) is 0 Å². The number of carboxylic acids is 2. The normalized spacial score (nSPS) is 12.1. The number of carbonyl (C=O) groups excluding carboxylic acids is 1. The van der Waals surface area contributed by atoms with Gasteiger partial charge in [0.05, 0.1) is 5.75 Å². The average molecular weight is 305 g/mol. The maximum absolute atomic E-state index is 10.2. The number of aliphatic carboxylic acids is 2. The van der Waals surface area contributed by atoms with E-state index in [0.717, 1.165) is 0 Å². The highest BCUT2D eigenvalue weighted by Crippen LogP contribution is 2.06. The summed E-state index contributed by atoms with van der Waals surface area (Å²) in [7, 11) is 0. The van der Waals surface area contributed by atoms with E-state index in [1.54, 1.807) is 0 Å². The number of rotatable bonds is 2. The van der Waals surface area contributed by atoms with E-state index in [4.69, 9.17) is 10.2 Å². The third kappa shape index (κ3) is 14.3. The molecule has 19 heavy (non-hydrogen) atoms. The highest BCUT2D eigenvalue weighted by molar-refractivity contribution is 8.24. The molecule has 0 aromatic carbocycles. The lowest BCUT2D eigenvalue weighted by molar-refractivity contribution is -0.133. The first-order valence-corrected chi connectivity index (χ1v) is 6.21. The van der Waals surface area contributed by atoms with Gasteiger partial charge >= 0.3 is 11.9 Å². The molecule has 6 nitrogen and oxygen atoms in total. The Bertz CT molecular complexity index is 355. The minimum absolute atomic E-state index is 0.0231. The molecule has 1 amide bonds. The topological polar surface area (TPSA) is 104 Å². The summed E-state index contributed by atoms with van der Waals surface area (Å²) in [4.78, 5) is 29.4. The molecule has 0 unspecified atom stereocenters. The fourth-order valence-electron chi connectivity index (χ4n) is 0.317. The van der Waals surface area contributed by atoms with Gasteiger partial charge in [-0.3, -0.25) is 4.79 Å². The Morgan fingerprint density at radius 2 is 1.53 bits per heavy atom. The second-order valence-corrected chi connectivity index (χ2v) is 4.95. The molecule has 1 aliphatic rings. The van der Waals surface area contributed by atoms with Crippen LogP contribution in [0.1, 0.15) is 13.8 Å². The Labute approximate surface area is 120 Å². The van der Waals surface area contributed by atoms with Crippen LogP contribution in [-0.2, 0) is 14.4 Å². The number of thioether (sulfide) groups is 1. The van der Waals surface area contributed by atoms with Crippen molar-refractivity contribution in [2.75, 3.05) is 5.75 Å². The molecule has 1 fully saturated rings. The molecule has 0 radical (unpaired) electrons. The van der Waals surface area contributed by atoms with Crippen LogP contribution in [0.15, 0.2) is 24.3 Å². The summed E-state index contributed by atoms with van der Waals surface area (Å²) < 4.78 is 0.602. The molecule has 106 valence electrons. The zero-order valence-electron chi connectivity index (χ0n) is 10.6. The third-order valence-electron chi connectivity index (χ3n) is 1.31. The van der Waals surface area contributed by atoms with Crippen LogP contribution < -0.4 is 5.32 Å². The van der Waals surface area contributed by atoms with Crippen molar-refractivity contribution in [3.63, 3.8) is 0 Å². The molecule has 8 heteroatoms. The average Bonchev–Trinajstić information content (AvgIpc) is 2.63. The lowest BCUT2D eigenvalue weighted by Gasteiger charge is -1.81. The second-order valence-electron chi connectivity index (χ2n) is 3.30. The molecule has 1 rings (SSSR count). The van der Waals surface area contributed by atoms with Crippen LogP contribution in [0.2, 0.25) is 0 Å². The lowest BCUT2D eigenvalue weighted by Crippen LogP contribution is -2.18. The molecule has 1 heterocycles. The van der Waals surface area contributed by atoms with Crippen molar-refractivity contribution in [2.24, 2.45) is 0 Å². The first kappa shape index (κ1) is 19.7. The number of amides is 1. The van der Waals surface area contributed by atoms with Crippen molar-refractivity contribution in [3.8, 4) is 0 Å². The molecule has 0 spiro atoms. The number of hydrogen-bond acceptors (Lipinski definition) is 5. The van der Waals surface area contributed by atoms with Gasteiger partial charge in [-0.05, 0) is 13.8 Å². The zero-order chi connectivity index (χ0) is 15.6. The quantitative estimate of drug-likeness (QED) is 0.523. The molecular weight excluding hydrogens is 290 g/mol. The second kappa shape index (κ2) is 10.3. The Morgan fingerprint density at radius 1 is 1.21 bits per heavy atom. The fourth-order valence-corrected chi connectivity index (χ4v) is 1.13. The maximum atomic E-state index is 10.2. The summed E-state index contributed by atoms with van der Waals surface area (Å²) in [6.07, 6.45) is 0. The summed E-state index contributed by atoms with van der Waals surface area (Å²) in [5.74, 6) is -1.35. The van der Waals surface area contributed by atoms with Gasteiger partial charge in [-0.1, -0.05) is 37.1 Å². The van der Waals surface area contributed by atoms with E-state index >= 15 is 0 Å². The number of thiocarbonyl (C=S) groups is 1. The molecule has 0 bridgehead atoms. The van der Waals surface area contributed by atoms with Crippen LogP contribution >= 0.6 is 24.0 Å². The van der Waals surface area contributed by atoms with Gasteiger partial charge in [0, 0.05) is 11.1 Å². The van der Waals surface area contributed by atoms with Crippen molar-refractivity contribution in [3.05, 3.63) is 24.3 Å². The molecule has 0 atom stereocenters. The zero-order valence-corrected chi connectivity index (χ0v) is 12.2. The van der Waals surface area contributed by atoms with Gasteiger partial charge in [0.1, 0.15) is 4.32 Å². The highest BCUT2D eigenvalue weighted by Gasteiger charge is 2.13. The van der Waals surface area contributed by atoms with Gasteiger partial charge in [0.15, 0.2) is 0 Å². The molecule has 0 aromatic heterocycles. The number of carboxylic acid groups (broad SMARTS) is 2. The van der Waals surface area contributed by atoms with Gasteiger partial charge in [-0.15, -0.1) is 0 Å². The van der Waals surface area contributed by atoms with Crippen LogP contribution in [-0.4, -0.2) is 38.1 Å². The number of nitrogens with one attached hydrogen (secondary N) is 1. The standard InChI is InChI=1S/2C4H6O2.C3H3NOS2/c2*1-3(2)4(5)6;5-2-1-7-3(6)4-2/h2*1H2,2H3,(H,5,6);1H2,(H,4,5,6). The monoisotopic (exact) mass is 305 g/mol. The van der Waals surface area contributed by atoms with Crippen molar-refractivity contribution < 1.29 is 24.6 Å². The van der Waals surface area contributed by atoms with Gasteiger partial charge < -0.3 is 15.5 Å². The summed E-state index contributed by atoms with van der Waals surface area (Å²) in [6, 6.07) is 0. The maximum Gasteiger partial charge on any atom is 0.330 e. The van der Waals surface area contributed by atoms with E-state index in [1.807, 2.05) is 0 Å². The van der Waals surface area contributed by atoms with E-state index < -0.39 is 11.9 Å². The predicted octanol–water partition coefficient (Wildman–Crippen LogP) is 1.43. The van der Waals surface area contributed by atoms with Gasteiger partial charge in [0.25, 0.3) is 0 Å². The molecule has 0 aromatic rings. The van der Waals surface area contributed by atoms with Crippen LogP contribution in [0.3, 0.4) is 0 Å². The van der Waals surface area contributed by atoms with Crippen molar-refractivity contribution in [2.45, 2.75) is 13.8 Å². The van der Waals surface area contributed by atoms with E-state index in [2.05, 4.69) is 30.7 Å². The van der Waals surface area contributed by atoms with E-state index in [9.17, 15) is 14.4 Å². The minimum Gasteiger partial charge on any atom is -0.478 e. The fraction of sp³-hybridized carbons (Fsp3) is 0.273. The molecule has 0 saturated carbocycles. The smallest absolute Gasteiger partial charge is 0.330 e. The summed E-state index contributed by atoms with van der Waals surface area (Å²) >= 11 is 6.00. The summed E-state index contributed by atoms with van der Waals surface area (Å²) in [5, 5.41) is 18.3. The van der Waals surface area contributed by atoms with E-state index in [-0.39, 0.29) is 17.1 Å². The first-order valence-electron chi connectivity index (χ1n) is 4.82. The van der Waals surface area contributed by atoms with Crippen LogP contribution in [0.25, 0.3) is 0 Å². The SMILES string of the molecule is C=C(C)C(=O)O.C=C(C)C(=O)O.O=C1CSC(=S)N1. The number of carbonyl (C=O) groups is 3. The van der Waals surface area contributed by atoms with Crippen LogP contribution in [0.5, 0.6) is 0 Å². The Morgan fingerprint density at radius 3 is 1.58 bits per heavy atom. The Balaban J connectivity index is 0. The van der Waals surface area contributed by atoms with Crippen LogP contribution in [0.4, 0.5) is 0 Å². The Kier molecular flexibility index (Phi) is 10.6. The van der Waals surface area contributed by atoms with Crippen molar-refractivity contribution in [1.82, 2.24) is 5.32 Å².